The van der Waals surface area contributed by atoms with E-state index in [4.69, 9.17) is 4.74 Å². The highest BCUT2D eigenvalue weighted by molar-refractivity contribution is 7.99. The van der Waals surface area contributed by atoms with Gasteiger partial charge in [-0.1, -0.05) is 23.9 Å². The van der Waals surface area contributed by atoms with Gasteiger partial charge in [-0.25, -0.2) is 0 Å². The molecule has 100 valence electrons. The van der Waals surface area contributed by atoms with Crippen LogP contribution in [0.15, 0.2) is 29.2 Å². The van der Waals surface area contributed by atoms with E-state index in [1.807, 2.05) is 12.1 Å². The van der Waals surface area contributed by atoms with E-state index in [9.17, 15) is 8.78 Å². The number of nitrogens with one attached hydrogen (secondary N) is 1. The van der Waals surface area contributed by atoms with Crippen LogP contribution in [0.5, 0.6) is 0 Å². The Morgan fingerprint density at radius 1 is 1.39 bits per heavy atom. The lowest BCUT2D eigenvalue weighted by Gasteiger charge is -2.20. The quantitative estimate of drug-likeness (QED) is 0.763. The van der Waals surface area contributed by atoms with Crippen molar-refractivity contribution in [2.45, 2.75) is 29.5 Å². The molecule has 1 aromatic carbocycles. The topological polar surface area (TPSA) is 21.3 Å². The maximum Gasteiger partial charge on any atom is 0.288 e. The van der Waals surface area contributed by atoms with Gasteiger partial charge >= 0.3 is 0 Å². The van der Waals surface area contributed by atoms with E-state index in [1.165, 1.54) is 12.8 Å². The number of para-hydroxylation sites is 1. The second-order valence-corrected chi connectivity index (χ2v) is 5.45. The summed E-state index contributed by atoms with van der Waals surface area (Å²) in [5.74, 6) is -1.79. The van der Waals surface area contributed by atoms with Gasteiger partial charge in [0, 0.05) is 17.7 Å². The molecule has 0 amide bonds. The molecule has 1 aromatic rings. The lowest BCUT2D eigenvalue weighted by Crippen LogP contribution is -2.27. The molecule has 0 spiro atoms. The average molecular weight is 273 g/mol. The Balaban J connectivity index is 2.06. The number of alkyl halides is 2. The summed E-state index contributed by atoms with van der Waals surface area (Å²) in [5, 5.41) is 3.34. The number of hydrogen-bond acceptors (Lipinski definition) is 3. The Bertz CT molecular complexity index is 385. The third-order valence-corrected chi connectivity index (χ3v) is 3.77. The molecule has 1 N–H and O–H groups in total. The molecule has 0 aliphatic heterocycles. The van der Waals surface area contributed by atoms with Crippen LogP contribution in [-0.4, -0.2) is 25.5 Å². The molecule has 5 heteroatoms. The molecule has 18 heavy (non-hydrogen) atoms. The van der Waals surface area contributed by atoms with Gasteiger partial charge in [0.1, 0.15) is 0 Å². The Hall–Kier alpha value is -0.810. The fourth-order valence-corrected chi connectivity index (χ4v) is 2.56. The fraction of sp³-hybridized carbons (Fsp3) is 0.538. The molecule has 1 saturated carbocycles. The third-order valence-electron chi connectivity index (χ3n) is 2.98. The average Bonchev–Trinajstić information content (AvgIpc) is 3.14. The van der Waals surface area contributed by atoms with Crippen LogP contribution in [0.4, 0.5) is 14.5 Å². The molecule has 1 aliphatic carbocycles. The molecular formula is C13H17F2NOS. The number of hydrogen-bond donors (Lipinski definition) is 1. The molecule has 0 aromatic heterocycles. The summed E-state index contributed by atoms with van der Waals surface area (Å²) in [6, 6.07) is 7.41. The summed E-state index contributed by atoms with van der Waals surface area (Å²) >= 11 is 0.581. The van der Waals surface area contributed by atoms with Crippen molar-refractivity contribution in [3.8, 4) is 0 Å². The predicted octanol–water partition coefficient (Wildman–Crippen LogP) is 3.84. The van der Waals surface area contributed by atoms with E-state index in [1.54, 1.807) is 19.2 Å². The smallest absolute Gasteiger partial charge is 0.288 e. The summed E-state index contributed by atoms with van der Waals surface area (Å²) in [7, 11) is 1.66. The minimum Gasteiger partial charge on any atom is -0.383 e. The maximum absolute atomic E-state index is 12.5. The Kier molecular flexibility index (Phi) is 4.83. The van der Waals surface area contributed by atoms with E-state index in [-0.39, 0.29) is 6.04 Å². The largest absolute Gasteiger partial charge is 0.383 e. The zero-order valence-corrected chi connectivity index (χ0v) is 11.1. The first kappa shape index (κ1) is 13.6. The monoisotopic (exact) mass is 273 g/mol. The lowest BCUT2D eigenvalue weighted by atomic mass is 10.2. The van der Waals surface area contributed by atoms with Crippen molar-refractivity contribution in [2.24, 2.45) is 5.92 Å². The van der Waals surface area contributed by atoms with Crippen molar-refractivity contribution in [3.05, 3.63) is 24.3 Å². The van der Waals surface area contributed by atoms with E-state index in [0.717, 1.165) is 5.69 Å². The maximum atomic E-state index is 12.5. The van der Waals surface area contributed by atoms with Crippen molar-refractivity contribution >= 4 is 17.4 Å². The second-order valence-electron chi connectivity index (χ2n) is 4.42. The molecule has 0 saturated heterocycles. The number of anilines is 1. The first-order valence-corrected chi connectivity index (χ1v) is 6.88. The van der Waals surface area contributed by atoms with Crippen LogP contribution in [0.3, 0.4) is 0 Å². The minimum atomic E-state index is -2.39. The van der Waals surface area contributed by atoms with Gasteiger partial charge in [0.05, 0.1) is 12.6 Å². The van der Waals surface area contributed by atoms with Crippen molar-refractivity contribution < 1.29 is 13.5 Å². The van der Waals surface area contributed by atoms with Gasteiger partial charge in [-0.2, -0.15) is 8.78 Å². The summed E-state index contributed by atoms with van der Waals surface area (Å²) < 4.78 is 30.1. The SMILES string of the molecule is COCC(Nc1ccccc1SC(F)F)C1CC1. The number of methoxy groups -OCH3 is 1. The Morgan fingerprint density at radius 2 is 2.11 bits per heavy atom. The highest BCUT2D eigenvalue weighted by atomic mass is 32.2. The minimum absolute atomic E-state index is 0.217. The highest BCUT2D eigenvalue weighted by Gasteiger charge is 2.31. The van der Waals surface area contributed by atoms with Gasteiger partial charge in [0.15, 0.2) is 0 Å². The standard InChI is InChI=1S/C13H17F2NOS/c1-17-8-11(9-6-7-9)16-10-4-2-3-5-12(10)18-13(14)15/h2-5,9,11,13,16H,6-8H2,1H3. The molecule has 1 atom stereocenters. The van der Waals surface area contributed by atoms with Crippen LogP contribution in [0, 0.1) is 5.92 Å². The van der Waals surface area contributed by atoms with Crippen LogP contribution in [-0.2, 0) is 4.74 Å². The number of halogens is 2. The van der Waals surface area contributed by atoms with Gasteiger partial charge in [-0.05, 0) is 30.9 Å². The normalized spacial score (nSPS) is 16.9. The first-order valence-electron chi connectivity index (χ1n) is 6.00. The third kappa shape index (κ3) is 3.85. The first-order chi connectivity index (χ1) is 8.70. The van der Waals surface area contributed by atoms with E-state index in [0.29, 0.717) is 29.2 Å². The predicted molar refractivity (Wildman–Crippen MR) is 70.3 cm³/mol. The van der Waals surface area contributed by atoms with Gasteiger partial charge < -0.3 is 10.1 Å². The van der Waals surface area contributed by atoms with Gasteiger partial charge in [0.2, 0.25) is 0 Å². The molecule has 2 rings (SSSR count). The molecule has 0 radical (unpaired) electrons. The second kappa shape index (κ2) is 6.38. The molecule has 1 aliphatic rings. The number of thioether (sulfide) groups is 1. The van der Waals surface area contributed by atoms with Crippen molar-refractivity contribution in [1.29, 1.82) is 0 Å². The van der Waals surface area contributed by atoms with E-state index >= 15 is 0 Å². The van der Waals surface area contributed by atoms with Crippen LogP contribution in [0.25, 0.3) is 0 Å². The Morgan fingerprint density at radius 3 is 2.72 bits per heavy atom. The van der Waals surface area contributed by atoms with Crippen LogP contribution in [0.2, 0.25) is 0 Å². The van der Waals surface area contributed by atoms with Crippen LogP contribution in [0.1, 0.15) is 12.8 Å². The molecule has 1 unspecified atom stereocenters. The zero-order chi connectivity index (χ0) is 13.0. The van der Waals surface area contributed by atoms with E-state index < -0.39 is 5.76 Å². The summed E-state index contributed by atoms with van der Waals surface area (Å²) in [6.07, 6.45) is 2.37. The Labute approximate surface area is 110 Å². The number of benzene rings is 1. The van der Waals surface area contributed by atoms with Crippen molar-refractivity contribution in [1.82, 2.24) is 0 Å². The fourth-order valence-electron chi connectivity index (χ4n) is 1.96. The summed E-state index contributed by atoms with van der Waals surface area (Å²) in [5.41, 5.74) is 0.775. The summed E-state index contributed by atoms with van der Waals surface area (Å²) in [4.78, 5) is 0.592. The molecule has 0 heterocycles. The van der Waals surface area contributed by atoms with Crippen LogP contribution >= 0.6 is 11.8 Å². The zero-order valence-electron chi connectivity index (χ0n) is 10.2. The van der Waals surface area contributed by atoms with Crippen molar-refractivity contribution in [3.63, 3.8) is 0 Å². The molecule has 1 fully saturated rings. The van der Waals surface area contributed by atoms with E-state index in [2.05, 4.69) is 5.32 Å². The lowest BCUT2D eigenvalue weighted by molar-refractivity contribution is 0.179. The van der Waals surface area contributed by atoms with Gasteiger partial charge in [-0.15, -0.1) is 0 Å². The molecule has 2 nitrogen and oxygen atoms in total. The molecular weight excluding hydrogens is 256 g/mol. The highest BCUT2D eigenvalue weighted by Crippen LogP contribution is 2.37. The number of ether oxygens (including phenoxy) is 1. The van der Waals surface area contributed by atoms with Crippen molar-refractivity contribution in [2.75, 3.05) is 19.0 Å². The molecule has 0 bridgehead atoms. The number of rotatable bonds is 7. The van der Waals surface area contributed by atoms with Crippen LogP contribution < -0.4 is 5.32 Å². The summed E-state index contributed by atoms with van der Waals surface area (Å²) in [6.45, 7) is 0.609. The van der Waals surface area contributed by atoms with Gasteiger partial charge in [-0.3, -0.25) is 0 Å². The van der Waals surface area contributed by atoms with Gasteiger partial charge in [0.25, 0.3) is 5.76 Å².